The number of amides is 1. The third-order valence-electron chi connectivity index (χ3n) is 4.33. The molecule has 0 aliphatic heterocycles. The first-order valence-corrected chi connectivity index (χ1v) is 11.2. The Hall–Kier alpha value is -2.61. The Kier molecular flexibility index (Phi) is 6.97. The molecule has 0 bridgehead atoms. The number of pyridine rings is 1. The van der Waals surface area contributed by atoms with E-state index in [4.69, 9.17) is 23.2 Å². The zero-order valence-electron chi connectivity index (χ0n) is 16.0. The van der Waals surface area contributed by atoms with E-state index in [9.17, 15) is 13.2 Å². The number of hydrogen-bond acceptors (Lipinski definition) is 4. The van der Waals surface area contributed by atoms with Crippen LogP contribution in [0.3, 0.4) is 0 Å². The molecule has 30 heavy (non-hydrogen) atoms. The Balaban J connectivity index is 1.90. The fourth-order valence-corrected chi connectivity index (χ4v) is 4.39. The lowest BCUT2D eigenvalue weighted by Gasteiger charge is -2.24. The number of carbonyl (C=O) groups excluding carboxylic acids is 1. The monoisotopic (exact) mass is 463 g/mol. The lowest BCUT2D eigenvalue weighted by Crippen LogP contribution is -2.40. The third kappa shape index (κ3) is 5.30. The van der Waals surface area contributed by atoms with Crippen molar-refractivity contribution in [3.8, 4) is 0 Å². The molecule has 0 unspecified atom stereocenters. The first-order valence-electron chi connectivity index (χ1n) is 8.97. The fourth-order valence-electron chi connectivity index (χ4n) is 2.68. The van der Waals surface area contributed by atoms with Crippen molar-refractivity contribution in [2.75, 3.05) is 10.8 Å². The Morgan fingerprint density at radius 2 is 1.67 bits per heavy atom. The molecule has 0 aliphatic rings. The zero-order chi connectivity index (χ0) is 21.7. The van der Waals surface area contributed by atoms with Gasteiger partial charge in [0.1, 0.15) is 6.54 Å². The van der Waals surface area contributed by atoms with Crippen molar-refractivity contribution in [3.05, 3.63) is 88.2 Å². The molecule has 0 radical (unpaired) electrons. The first kappa shape index (κ1) is 22.1. The van der Waals surface area contributed by atoms with Crippen molar-refractivity contribution in [1.29, 1.82) is 0 Å². The zero-order valence-corrected chi connectivity index (χ0v) is 18.4. The van der Waals surface area contributed by atoms with E-state index in [2.05, 4.69) is 10.3 Å². The second kappa shape index (κ2) is 9.47. The molecule has 0 atom stereocenters. The van der Waals surface area contributed by atoms with Crippen LogP contribution in [0.1, 0.15) is 11.1 Å². The van der Waals surface area contributed by atoms with Crippen LogP contribution in [0.2, 0.25) is 10.0 Å². The van der Waals surface area contributed by atoms with Gasteiger partial charge in [-0.1, -0.05) is 40.9 Å². The van der Waals surface area contributed by atoms with E-state index in [1.54, 1.807) is 36.7 Å². The minimum atomic E-state index is -4.02. The number of aryl methyl sites for hydroxylation is 1. The summed E-state index contributed by atoms with van der Waals surface area (Å²) < 4.78 is 27.6. The molecule has 6 nitrogen and oxygen atoms in total. The maximum absolute atomic E-state index is 13.3. The molecule has 0 saturated carbocycles. The molecular weight excluding hydrogens is 445 g/mol. The summed E-state index contributed by atoms with van der Waals surface area (Å²) in [6.45, 7) is 1.69. The number of nitrogens with one attached hydrogen (secondary N) is 1. The van der Waals surface area contributed by atoms with Gasteiger partial charge in [0, 0.05) is 18.9 Å². The number of hydrogen-bond donors (Lipinski definition) is 1. The van der Waals surface area contributed by atoms with Gasteiger partial charge in [-0.15, -0.1) is 0 Å². The van der Waals surface area contributed by atoms with E-state index in [0.29, 0.717) is 0 Å². The quantitative estimate of drug-likeness (QED) is 0.568. The number of sulfonamides is 1. The van der Waals surface area contributed by atoms with Crippen LogP contribution < -0.4 is 9.62 Å². The van der Waals surface area contributed by atoms with Crippen LogP contribution >= 0.6 is 23.2 Å². The molecule has 156 valence electrons. The maximum Gasteiger partial charge on any atom is 0.264 e. The predicted molar refractivity (Wildman–Crippen MR) is 118 cm³/mol. The maximum atomic E-state index is 13.3. The molecule has 0 aliphatic carbocycles. The van der Waals surface area contributed by atoms with Crippen molar-refractivity contribution >= 4 is 44.8 Å². The molecule has 9 heteroatoms. The minimum absolute atomic E-state index is 0.0705. The van der Waals surface area contributed by atoms with E-state index in [1.165, 1.54) is 30.3 Å². The highest BCUT2D eigenvalue weighted by Crippen LogP contribution is 2.30. The largest absolute Gasteiger partial charge is 0.350 e. The van der Waals surface area contributed by atoms with Gasteiger partial charge in [-0.25, -0.2) is 8.42 Å². The molecule has 0 fully saturated rings. The topological polar surface area (TPSA) is 79.4 Å². The highest BCUT2D eigenvalue weighted by Gasteiger charge is 2.27. The summed E-state index contributed by atoms with van der Waals surface area (Å²) in [5.74, 6) is -0.464. The second-order valence-electron chi connectivity index (χ2n) is 6.56. The van der Waals surface area contributed by atoms with Crippen molar-refractivity contribution < 1.29 is 13.2 Å². The molecule has 2 aromatic carbocycles. The van der Waals surface area contributed by atoms with Crippen LogP contribution in [-0.2, 0) is 21.4 Å². The van der Waals surface area contributed by atoms with E-state index < -0.39 is 22.5 Å². The third-order valence-corrected chi connectivity index (χ3v) is 6.85. The standard InChI is InChI=1S/C21H19Cl2N3O3S/c1-15-2-5-18(6-3-15)30(28,29)26(17-4-7-19(22)20(23)12-17)14-21(27)25-13-16-8-10-24-11-9-16/h2-12H,13-14H2,1H3,(H,25,27). The van der Waals surface area contributed by atoms with Crippen molar-refractivity contribution in [1.82, 2.24) is 10.3 Å². The van der Waals surface area contributed by atoms with Crippen LogP contribution in [-0.4, -0.2) is 25.9 Å². The average Bonchev–Trinajstić information content (AvgIpc) is 2.73. The summed E-state index contributed by atoms with van der Waals surface area (Å²) >= 11 is 12.1. The summed E-state index contributed by atoms with van der Waals surface area (Å²) in [6, 6.07) is 14.4. The molecule has 3 rings (SSSR count). The summed E-state index contributed by atoms with van der Waals surface area (Å²) in [4.78, 5) is 16.6. The molecular formula is C21H19Cl2N3O3S. The molecule has 1 heterocycles. The number of anilines is 1. The SMILES string of the molecule is Cc1ccc(S(=O)(=O)N(CC(=O)NCc2ccncc2)c2ccc(Cl)c(Cl)c2)cc1. The molecule has 0 saturated heterocycles. The van der Waals surface area contributed by atoms with Gasteiger partial charge >= 0.3 is 0 Å². The van der Waals surface area contributed by atoms with E-state index in [0.717, 1.165) is 15.4 Å². The highest BCUT2D eigenvalue weighted by atomic mass is 35.5. The van der Waals surface area contributed by atoms with Crippen LogP contribution in [0.5, 0.6) is 0 Å². The van der Waals surface area contributed by atoms with Crippen LogP contribution in [0.15, 0.2) is 71.9 Å². The lowest BCUT2D eigenvalue weighted by atomic mass is 10.2. The van der Waals surface area contributed by atoms with Gasteiger partial charge in [0.2, 0.25) is 5.91 Å². The van der Waals surface area contributed by atoms with Gasteiger partial charge in [-0.05, 0) is 55.0 Å². The van der Waals surface area contributed by atoms with E-state index >= 15 is 0 Å². The van der Waals surface area contributed by atoms with Gasteiger partial charge in [0.15, 0.2) is 0 Å². The lowest BCUT2D eigenvalue weighted by molar-refractivity contribution is -0.119. The van der Waals surface area contributed by atoms with Gasteiger partial charge in [-0.3, -0.25) is 14.1 Å². The number of nitrogens with zero attached hydrogens (tertiary/aromatic N) is 2. The summed E-state index contributed by atoms with van der Waals surface area (Å²) in [7, 11) is -4.02. The van der Waals surface area contributed by atoms with Gasteiger partial charge < -0.3 is 5.32 Å². The fraction of sp³-hybridized carbons (Fsp3) is 0.143. The van der Waals surface area contributed by atoms with Gasteiger partial charge in [0.05, 0.1) is 20.6 Å². The number of carbonyl (C=O) groups is 1. The Morgan fingerprint density at radius 1 is 1.00 bits per heavy atom. The molecule has 3 aromatic rings. The van der Waals surface area contributed by atoms with Gasteiger partial charge in [0.25, 0.3) is 10.0 Å². The Morgan fingerprint density at radius 3 is 2.30 bits per heavy atom. The predicted octanol–water partition coefficient (Wildman–Crippen LogP) is 4.21. The van der Waals surface area contributed by atoms with E-state index in [1.807, 2.05) is 6.92 Å². The summed E-state index contributed by atoms with van der Waals surface area (Å²) in [5.41, 5.74) is 2.01. The summed E-state index contributed by atoms with van der Waals surface area (Å²) in [5, 5.41) is 3.20. The minimum Gasteiger partial charge on any atom is -0.350 e. The Bertz CT molecular complexity index is 1140. The Labute approximate surface area is 185 Å². The highest BCUT2D eigenvalue weighted by molar-refractivity contribution is 7.92. The van der Waals surface area contributed by atoms with Crippen molar-refractivity contribution in [2.24, 2.45) is 0 Å². The number of benzene rings is 2. The normalized spacial score (nSPS) is 11.2. The number of halogens is 2. The van der Waals surface area contributed by atoms with E-state index in [-0.39, 0.29) is 27.2 Å². The number of rotatable bonds is 7. The van der Waals surface area contributed by atoms with Gasteiger partial charge in [-0.2, -0.15) is 0 Å². The van der Waals surface area contributed by atoms with Crippen LogP contribution in [0.4, 0.5) is 5.69 Å². The van der Waals surface area contributed by atoms with Crippen molar-refractivity contribution in [3.63, 3.8) is 0 Å². The van der Waals surface area contributed by atoms with Crippen LogP contribution in [0.25, 0.3) is 0 Å². The summed E-state index contributed by atoms with van der Waals surface area (Å²) in [6.07, 6.45) is 3.23. The first-order chi connectivity index (χ1) is 14.3. The van der Waals surface area contributed by atoms with Crippen molar-refractivity contribution in [2.45, 2.75) is 18.4 Å². The molecule has 1 aromatic heterocycles. The second-order valence-corrected chi connectivity index (χ2v) is 9.23. The average molecular weight is 464 g/mol. The molecule has 1 N–H and O–H groups in total. The van der Waals surface area contributed by atoms with Crippen LogP contribution in [0, 0.1) is 6.92 Å². The smallest absolute Gasteiger partial charge is 0.264 e. The molecule has 0 spiro atoms. The number of aromatic nitrogens is 1. The molecule has 1 amide bonds.